The molecule has 2 aromatic heterocycles. The number of alkyl halides is 2. The minimum atomic E-state index is -2.74. The van der Waals surface area contributed by atoms with Crippen LogP contribution < -0.4 is 0 Å². The Kier molecular flexibility index (Phi) is 4.08. The van der Waals surface area contributed by atoms with Crippen molar-refractivity contribution in [3.05, 3.63) is 42.2 Å². The largest absolute Gasteiger partial charge is 0.337 e. The molecule has 2 aromatic rings. The van der Waals surface area contributed by atoms with Crippen molar-refractivity contribution < 1.29 is 13.6 Å². The molecule has 0 unspecified atom stereocenters. The average molecular weight is 307 g/mol. The Hall–Kier alpha value is -2.38. The molecule has 0 saturated carbocycles. The van der Waals surface area contributed by atoms with Crippen LogP contribution in [-0.2, 0) is 0 Å². The van der Waals surface area contributed by atoms with E-state index >= 15 is 0 Å². The Morgan fingerprint density at radius 3 is 2.91 bits per heavy atom. The summed E-state index contributed by atoms with van der Waals surface area (Å²) in [5.74, 6) is -0.212. The van der Waals surface area contributed by atoms with Gasteiger partial charge >= 0.3 is 6.55 Å². The van der Waals surface area contributed by atoms with E-state index < -0.39 is 6.55 Å². The first-order valence-electron chi connectivity index (χ1n) is 7.03. The van der Waals surface area contributed by atoms with Crippen LogP contribution in [0.5, 0.6) is 0 Å². The molecule has 1 saturated heterocycles. The highest BCUT2D eigenvalue weighted by Gasteiger charge is 2.27. The zero-order chi connectivity index (χ0) is 15.5. The number of amides is 1. The average Bonchev–Trinajstić information content (AvgIpc) is 3.05. The number of rotatable bonds is 3. The summed E-state index contributed by atoms with van der Waals surface area (Å²) < 4.78 is 25.5. The van der Waals surface area contributed by atoms with Crippen LogP contribution in [0.4, 0.5) is 8.78 Å². The fraction of sp³-hybridized carbons (Fsp3) is 0.429. The van der Waals surface area contributed by atoms with E-state index in [1.807, 2.05) is 0 Å². The summed E-state index contributed by atoms with van der Waals surface area (Å²) in [6.07, 6.45) is 7.80. The first kappa shape index (κ1) is 14.6. The quantitative estimate of drug-likeness (QED) is 0.871. The molecule has 0 aromatic carbocycles. The number of carbonyl (C=O) groups excluding carboxylic acids is 1. The number of halogens is 2. The topological polar surface area (TPSA) is 63.9 Å². The second-order valence-corrected chi connectivity index (χ2v) is 5.18. The molecule has 1 aliphatic heterocycles. The number of carbonyl (C=O) groups is 1. The predicted molar refractivity (Wildman–Crippen MR) is 73.4 cm³/mol. The number of piperidine rings is 1. The zero-order valence-corrected chi connectivity index (χ0v) is 11.8. The molecule has 3 rings (SSSR count). The summed E-state index contributed by atoms with van der Waals surface area (Å²) in [5.41, 5.74) is 0.887. The molecule has 1 atom stereocenters. The number of nitrogens with zero attached hydrogens (tertiary/aromatic N) is 5. The normalized spacial score (nSPS) is 18.7. The second-order valence-electron chi connectivity index (χ2n) is 5.18. The van der Waals surface area contributed by atoms with Crippen LogP contribution in [-0.4, -0.2) is 43.6 Å². The smallest absolute Gasteiger partial charge is 0.333 e. The van der Waals surface area contributed by atoms with Crippen molar-refractivity contribution in [3.8, 4) is 0 Å². The van der Waals surface area contributed by atoms with Crippen molar-refractivity contribution in [2.45, 2.75) is 25.3 Å². The molecule has 0 bridgehead atoms. The third kappa shape index (κ3) is 2.95. The van der Waals surface area contributed by atoms with Gasteiger partial charge in [-0.25, -0.2) is 4.68 Å². The minimum absolute atomic E-state index is 0.0418. The summed E-state index contributed by atoms with van der Waals surface area (Å²) in [4.78, 5) is 22.3. The summed E-state index contributed by atoms with van der Waals surface area (Å²) in [7, 11) is 0. The van der Waals surface area contributed by atoms with E-state index in [1.54, 1.807) is 23.5 Å². The summed E-state index contributed by atoms with van der Waals surface area (Å²) in [6.45, 7) is -1.65. The molecular formula is C14H15F2N5O. The molecule has 0 radical (unpaired) electrons. The van der Waals surface area contributed by atoms with Crippen molar-refractivity contribution in [1.29, 1.82) is 0 Å². The highest BCUT2D eigenvalue weighted by molar-refractivity contribution is 5.92. The van der Waals surface area contributed by atoms with Gasteiger partial charge in [0.2, 0.25) is 0 Å². The lowest BCUT2D eigenvalue weighted by atomic mass is 9.95. The van der Waals surface area contributed by atoms with Gasteiger partial charge in [0.05, 0.1) is 5.69 Å². The Morgan fingerprint density at radius 1 is 1.36 bits per heavy atom. The van der Waals surface area contributed by atoms with E-state index in [2.05, 4.69) is 15.1 Å². The number of hydrogen-bond donors (Lipinski definition) is 0. The lowest BCUT2D eigenvalue weighted by Gasteiger charge is -2.31. The van der Waals surface area contributed by atoms with Crippen LogP contribution in [0.25, 0.3) is 0 Å². The standard InChI is InChI=1S/C14H15F2N5O/c15-14(16)21-7-3-11(19-21)13(22)20-6-1-2-10(9-20)12-8-17-4-5-18-12/h3-5,7-8,10,14H,1-2,6,9H2/t10-/m0/s1. The minimum Gasteiger partial charge on any atom is -0.337 e. The number of hydrogen-bond acceptors (Lipinski definition) is 4. The lowest BCUT2D eigenvalue weighted by Crippen LogP contribution is -2.39. The van der Waals surface area contributed by atoms with Crippen LogP contribution >= 0.6 is 0 Å². The van der Waals surface area contributed by atoms with Gasteiger partial charge < -0.3 is 4.90 Å². The van der Waals surface area contributed by atoms with Crippen LogP contribution in [0.1, 0.15) is 41.5 Å². The van der Waals surface area contributed by atoms with Gasteiger partial charge in [-0.2, -0.15) is 13.9 Å². The van der Waals surface area contributed by atoms with Gasteiger partial charge in [-0.1, -0.05) is 0 Å². The molecule has 22 heavy (non-hydrogen) atoms. The fourth-order valence-corrected chi connectivity index (χ4v) is 2.65. The molecule has 0 N–H and O–H groups in total. The monoisotopic (exact) mass is 307 g/mol. The van der Waals surface area contributed by atoms with E-state index in [1.165, 1.54) is 6.07 Å². The van der Waals surface area contributed by atoms with E-state index in [-0.39, 0.29) is 17.5 Å². The van der Waals surface area contributed by atoms with Gasteiger partial charge in [-0.05, 0) is 18.9 Å². The maximum Gasteiger partial charge on any atom is 0.333 e. The van der Waals surface area contributed by atoms with Gasteiger partial charge in [0.25, 0.3) is 5.91 Å². The van der Waals surface area contributed by atoms with Gasteiger partial charge in [0, 0.05) is 43.8 Å². The summed E-state index contributed by atoms with van der Waals surface area (Å²) >= 11 is 0. The lowest BCUT2D eigenvalue weighted by molar-refractivity contribution is 0.0546. The van der Waals surface area contributed by atoms with E-state index in [0.717, 1.165) is 24.7 Å². The highest BCUT2D eigenvalue weighted by Crippen LogP contribution is 2.25. The molecule has 1 fully saturated rings. The third-order valence-electron chi connectivity index (χ3n) is 3.74. The fourth-order valence-electron chi connectivity index (χ4n) is 2.65. The second kappa shape index (κ2) is 6.17. The van der Waals surface area contributed by atoms with Crippen LogP contribution in [0.15, 0.2) is 30.9 Å². The van der Waals surface area contributed by atoms with Crippen LogP contribution in [0, 0.1) is 0 Å². The van der Waals surface area contributed by atoms with Crippen LogP contribution in [0.2, 0.25) is 0 Å². The first-order valence-corrected chi connectivity index (χ1v) is 7.03. The van der Waals surface area contributed by atoms with Crippen molar-refractivity contribution in [2.75, 3.05) is 13.1 Å². The first-order chi connectivity index (χ1) is 10.6. The van der Waals surface area contributed by atoms with Crippen molar-refractivity contribution >= 4 is 5.91 Å². The molecule has 116 valence electrons. The molecular weight excluding hydrogens is 292 g/mol. The van der Waals surface area contributed by atoms with Gasteiger partial charge in [-0.15, -0.1) is 0 Å². The van der Waals surface area contributed by atoms with Crippen molar-refractivity contribution in [1.82, 2.24) is 24.6 Å². The molecule has 3 heterocycles. The Morgan fingerprint density at radius 2 is 2.23 bits per heavy atom. The summed E-state index contributed by atoms with van der Waals surface area (Å²) in [6, 6.07) is 1.32. The molecule has 0 spiro atoms. The third-order valence-corrected chi connectivity index (χ3v) is 3.74. The Bertz CT molecular complexity index is 646. The summed E-state index contributed by atoms with van der Waals surface area (Å²) in [5, 5.41) is 3.63. The highest BCUT2D eigenvalue weighted by atomic mass is 19.3. The Balaban J connectivity index is 1.72. The molecule has 8 heteroatoms. The van der Waals surface area contributed by atoms with Gasteiger partial charge in [0.15, 0.2) is 5.69 Å². The van der Waals surface area contributed by atoms with E-state index in [9.17, 15) is 13.6 Å². The maximum absolute atomic E-state index is 12.5. The molecule has 1 aliphatic rings. The van der Waals surface area contributed by atoms with Gasteiger partial charge in [0.1, 0.15) is 0 Å². The number of aromatic nitrogens is 4. The predicted octanol–water partition coefficient (Wildman–Crippen LogP) is 2.09. The van der Waals surface area contributed by atoms with Crippen molar-refractivity contribution in [3.63, 3.8) is 0 Å². The molecule has 6 nitrogen and oxygen atoms in total. The molecule has 0 aliphatic carbocycles. The van der Waals surface area contributed by atoms with Gasteiger partial charge in [-0.3, -0.25) is 14.8 Å². The SMILES string of the molecule is O=C(c1ccn(C(F)F)n1)N1CCC[C@H](c2cnccn2)C1. The number of likely N-dealkylation sites (tertiary alicyclic amines) is 1. The van der Waals surface area contributed by atoms with Crippen LogP contribution in [0.3, 0.4) is 0 Å². The van der Waals surface area contributed by atoms with Crippen molar-refractivity contribution in [2.24, 2.45) is 0 Å². The Labute approximate surface area is 125 Å². The molecule has 1 amide bonds. The maximum atomic E-state index is 12.5. The van der Waals surface area contributed by atoms with E-state index in [0.29, 0.717) is 17.8 Å². The zero-order valence-electron chi connectivity index (χ0n) is 11.8. The van der Waals surface area contributed by atoms with E-state index in [4.69, 9.17) is 0 Å².